The minimum Gasteiger partial charge on any atom is -0.350 e. The number of nitrogens with one attached hydrogen (secondary N) is 1. The smallest absolute Gasteiger partial charge is 0.240 e. The van der Waals surface area contributed by atoms with Crippen LogP contribution in [-0.2, 0) is 11.3 Å². The summed E-state index contributed by atoms with van der Waals surface area (Å²) in [6.07, 6.45) is 1.50. The molecule has 1 aromatic carbocycles. The van der Waals surface area contributed by atoms with Crippen LogP contribution in [0.5, 0.6) is 0 Å². The molecule has 0 saturated heterocycles. The maximum absolute atomic E-state index is 12.6. The highest BCUT2D eigenvalue weighted by atomic mass is 19.1. The normalized spacial score (nSPS) is 17.2. The highest BCUT2D eigenvalue weighted by molar-refractivity contribution is 5.88. The Kier molecular flexibility index (Phi) is 2.44. The fraction of sp³-hybridized carbons (Fsp3) is 0.364. The van der Waals surface area contributed by atoms with Gasteiger partial charge >= 0.3 is 0 Å². The summed E-state index contributed by atoms with van der Waals surface area (Å²) < 4.78 is 12.6. The summed E-state index contributed by atoms with van der Waals surface area (Å²) >= 11 is 0. The Hall–Kier alpha value is -1.42. The molecule has 3 N–H and O–H groups in total. The monoisotopic (exact) mass is 208 g/mol. The van der Waals surface area contributed by atoms with Gasteiger partial charge in [-0.15, -0.1) is 0 Å². The third-order valence-corrected chi connectivity index (χ3v) is 2.61. The molecule has 80 valence electrons. The second-order valence-electron chi connectivity index (χ2n) is 3.97. The molecule has 1 aliphatic carbocycles. The van der Waals surface area contributed by atoms with Gasteiger partial charge in [0.15, 0.2) is 0 Å². The molecule has 3 nitrogen and oxygen atoms in total. The zero-order valence-corrected chi connectivity index (χ0v) is 8.29. The average molecular weight is 208 g/mol. The molecule has 0 heterocycles. The first-order chi connectivity index (χ1) is 7.10. The first kappa shape index (κ1) is 10.1. The van der Waals surface area contributed by atoms with Gasteiger partial charge in [0.05, 0.1) is 5.54 Å². The van der Waals surface area contributed by atoms with Crippen LogP contribution in [0.3, 0.4) is 0 Å². The summed E-state index contributed by atoms with van der Waals surface area (Å²) in [4.78, 5) is 11.5. The summed E-state index contributed by atoms with van der Waals surface area (Å²) in [7, 11) is 0. The number of hydrogen-bond donors (Lipinski definition) is 2. The van der Waals surface area contributed by atoms with Gasteiger partial charge in [0.25, 0.3) is 0 Å². The standard InChI is InChI=1S/C11H13FN2O/c12-9-3-1-8(2-4-9)7-14-10(15)11(13)5-6-11/h1-4H,5-7,13H2,(H,14,15). The number of halogens is 1. The Balaban J connectivity index is 1.88. The summed E-state index contributed by atoms with van der Waals surface area (Å²) in [5.74, 6) is -0.394. The molecule has 0 spiro atoms. The van der Waals surface area contributed by atoms with E-state index in [1.165, 1.54) is 12.1 Å². The molecular weight excluding hydrogens is 195 g/mol. The molecule has 1 aromatic rings. The van der Waals surface area contributed by atoms with Gasteiger partial charge < -0.3 is 11.1 Å². The van der Waals surface area contributed by atoms with Crippen molar-refractivity contribution in [2.45, 2.75) is 24.9 Å². The van der Waals surface area contributed by atoms with Crippen LogP contribution >= 0.6 is 0 Å². The topological polar surface area (TPSA) is 55.1 Å². The first-order valence-electron chi connectivity index (χ1n) is 4.92. The molecule has 2 rings (SSSR count). The highest BCUT2D eigenvalue weighted by Crippen LogP contribution is 2.32. The SMILES string of the molecule is NC1(C(=O)NCc2ccc(F)cc2)CC1. The van der Waals surface area contributed by atoms with Crippen LogP contribution in [-0.4, -0.2) is 11.4 Å². The van der Waals surface area contributed by atoms with E-state index in [4.69, 9.17) is 5.73 Å². The molecule has 0 bridgehead atoms. The predicted octanol–water partition coefficient (Wildman–Crippen LogP) is 0.933. The molecule has 4 heteroatoms. The van der Waals surface area contributed by atoms with Crippen LogP contribution in [0.1, 0.15) is 18.4 Å². The van der Waals surface area contributed by atoms with Gasteiger partial charge in [-0.25, -0.2) is 4.39 Å². The Morgan fingerprint density at radius 2 is 2.00 bits per heavy atom. The van der Waals surface area contributed by atoms with E-state index in [0.29, 0.717) is 6.54 Å². The Labute approximate surface area is 87.5 Å². The number of rotatable bonds is 3. The summed E-state index contributed by atoms with van der Waals surface area (Å²) in [6.45, 7) is 0.401. The molecule has 0 atom stereocenters. The lowest BCUT2D eigenvalue weighted by atomic mass is 10.2. The van der Waals surface area contributed by atoms with E-state index in [1.807, 2.05) is 0 Å². The zero-order chi connectivity index (χ0) is 10.9. The maximum Gasteiger partial charge on any atom is 0.240 e. The molecule has 1 aliphatic rings. The van der Waals surface area contributed by atoms with Gasteiger partial charge in [-0.05, 0) is 30.5 Å². The van der Waals surface area contributed by atoms with E-state index in [0.717, 1.165) is 18.4 Å². The second-order valence-corrected chi connectivity index (χ2v) is 3.97. The molecule has 1 fully saturated rings. The zero-order valence-electron chi connectivity index (χ0n) is 8.29. The van der Waals surface area contributed by atoms with Gasteiger partial charge in [0.2, 0.25) is 5.91 Å². The number of amides is 1. The summed E-state index contributed by atoms with van der Waals surface area (Å²) in [5, 5.41) is 2.73. The van der Waals surface area contributed by atoms with Crippen LogP contribution < -0.4 is 11.1 Å². The van der Waals surface area contributed by atoms with Gasteiger partial charge in [0.1, 0.15) is 5.82 Å². The van der Waals surface area contributed by atoms with Crippen molar-refractivity contribution < 1.29 is 9.18 Å². The van der Waals surface area contributed by atoms with Crippen molar-refractivity contribution in [3.05, 3.63) is 35.6 Å². The van der Waals surface area contributed by atoms with E-state index in [-0.39, 0.29) is 11.7 Å². The summed E-state index contributed by atoms with van der Waals surface area (Å²) in [6, 6.07) is 6.03. The van der Waals surface area contributed by atoms with Crippen molar-refractivity contribution in [1.82, 2.24) is 5.32 Å². The molecular formula is C11H13FN2O. The Morgan fingerprint density at radius 1 is 1.40 bits per heavy atom. The van der Waals surface area contributed by atoms with Gasteiger partial charge in [-0.2, -0.15) is 0 Å². The lowest BCUT2D eigenvalue weighted by molar-refractivity contribution is -0.123. The number of hydrogen-bond acceptors (Lipinski definition) is 2. The van der Waals surface area contributed by atoms with Crippen molar-refractivity contribution in [3.8, 4) is 0 Å². The third kappa shape index (κ3) is 2.33. The van der Waals surface area contributed by atoms with E-state index >= 15 is 0 Å². The van der Waals surface area contributed by atoms with E-state index in [9.17, 15) is 9.18 Å². The van der Waals surface area contributed by atoms with Gasteiger partial charge in [-0.1, -0.05) is 12.1 Å². The van der Waals surface area contributed by atoms with E-state index < -0.39 is 5.54 Å². The number of carbonyl (C=O) groups excluding carboxylic acids is 1. The maximum atomic E-state index is 12.6. The van der Waals surface area contributed by atoms with E-state index in [1.54, 1.807) is 12.1 Å². The minimum atomic E-state index is -0.639. The molecule has 15 heavy (non-hydrogen) atoms. The fourth-order valence-corrected chi connectivity index (χ4v) is 1.32. The largest absolute Gasteiger partial charge is 0.350 e. The second kappa shape index (κ2) is 3.62. The van der Waals surface area contributed by atoms with Crippen molar-refractivity contribution in [2.75, 3.05) is 0 Å². The van der Waals surface area contributed by atoms with Crippen molar-refractivity contribution in [2.24, 2.45) is 5.73 Å². The molecule has 0 radical (unpaired) electrons. The van der Waals surface area contributed by atoms with E-state index in [2.05, 4.69) is 5.32 Å². The molecule has 0 aromatic heterocycles. The first-order valence-corrected chi connectivity index (χ1v) is 4.92. The Bertz CT molecular complexity index is 371. The molecule has 1 saturated carbocycles. The molecule has 0 aliphatic heterocycles. The lowest BCUT2D eigenvalue weighted by Crippen LogP contribution is -2.42. The van der Waals surface area contributed by atoms with Crippen LogP contribution in [0, 0.1) is 5.82 Å². The summed E-state index contributed by atoms with van der Waals surface area (Å²) in [5.41, 5.74) is 5.94. The fourth-order valence-electron chi connectivity index (χ4n) is 1.32. The molecule has 1 amide bonds. The van der Waals surface area contributed by atoms with Gasteiger partial charge in [-0.3, -0.25) is 4.79 Å². The van der Waals surface area contributed by atoms with Crippen molar-refractivity contribution >= 4 is 5.91 Å². The number of benzene rings is 1. The van der Waals surface area contributed by atoms with Crippen LogP contribution in [0.15, 0.2) is 24.3 Å². The number of carbonyl (C=O) groups is 1. The van der Waals surface area contributed by atoms with Crippen molar-refractivity contribution in [3.63, 3.8) is 0 Å². The average Bonchev–Trinajstić information content (AvgIpc) is 2.97. The third-order valence-electron chi connectivity index (χ3n) is 2.61. The quantitative estimate of drug-likeness (QED) is 0.776. The van der Waals surface area contributed by atoms with Crippen LogP contribution in [0.4, 0.5) is 4.39 Å². The van der Waals surface area contributed by atoms with Crippen LogP contribution in [0.25, 0.3) is 0 Å². The lowest BCUT2D eigenvalue weighted by Gasteiger charge is -2.09. The van der Waals surface area contributed by atoms with Crippen molar-refractivity contribution in [1.29, 1.82) is 0 Å². The minimum absolute atomic E-state index is 0.119. The highest BCUT2D eigenvalue weighted by Gasteiger charge is 2.45. The predicted molar refractivity (Wildman–Crippen MR) is 54.4 cm³/mol. The van der Waals surface area contributed by atoms with Crippen LogP contribution in [0.2, 0.25) is 0 Å². The molecule has 0 unspecified atom stereocenters. The Morgan fingerprint density at radius 3 is 2.53 bits per heavy atom. The number of nitrogens with two attached hydrogens (primary N) is 1. The van der Waals surface area contributed by atoms with Gasteiger partial charge in [0, 0.05) is 6.54 Å².